The Balaban J connectivity index is 1.25. The molecule has 1 fully saturated rings. The Labute approximate surface area is 314 Å². The zero-order chi connectivity index (χ0) is 38.0. The lowest BCUT2D eigenvalue weighted by molar-refractivity contribution is -0.188. The van der Waals surface area contributed by atoms with E-state index in [1.54, 1.807) is 24.3 Å². The minimum Gasteiger partial charge on any atom is -0.481 e. The van der Waals surface area contributed by atoms with Crippen molar-refractivity contribution in [2.24, 2.45) is 23.7 Å². The summed E-state index contributed by atoms with van der Waals surface area (Å²) in [4.78, 5) is 57.4. The molecule has 1 aliphatic rings. The lowest BCUT2D eigenvalue weighted by Gasteiger charge is -2.48. The van der Waals surface area contributed by atoms with Crippen LogP contribution in [0.3, 0.4) is 0 Å². The molecular formula is C44H42N2O8. The SMILES string of the molecule is CCCN(Cc1ccc(Oc2ccccc2)cc1)C(=O)[C@H]1[C@@H](C(=O)O)[C@H](C(=O)O)[C@@H]1C(=O)N(Cc1ccccc1)Cc1ccc(Oc2ccccc2)cc1. The van der Waals surface area contributed by atoms with Crippen molar-refractivity contribution in [3.8, 4) is 23.0 Å². The molecule has 5 aromatic carbocycles. The third kappa shape index (κ3) is 8.95. The summed E-state index contributed by atoms with van der Waals surface area (Å²) in [5, 5.41) is 20.6. The Morgan fingerprint density at radius 3 is 1.19 bits per heavy atom. The second kappa shape index (κ2) is 17.4. The van der Waals surface area contributed by atoms with E-state index >= 15 is 0 Å². The molecule has 0 radical (unpaired) electrons. The normalized spacial score (nSPS) is 17.4. The largest absolute Gasteiger partial charge is 0.481 e. The van der Waals surface area contributed by atoms with E-state index < -0.39 is 47.4 Å². The number of carboxylic acids is 2. The average Bonchev–Trinajstić information content (AvgIpc) is 3.16. The van der Waals surface area contributed by atoms with E-state index in [0.29, 0.717) is 29.4 Å². The first-order valence-corrected chi connectivity index (χ1v) is 17.9. The molecule has 0 heterocycles. The molecule has 1 aliphatic carbocycles. The number of carboxylic acid groups (broad SMARTS) is 2. The fourth-order valence-corrected chi connectivity index (χ4v) is 6.97. The van der Waals surface area contributed by atoms with Crippen molar-refractivity contribution in [2.75, 3.05) is 6.54 Å². The molecule has 6 rings (SSSR count). The highest BCUT2D eigenvalue weighted by Crippen LogP contribution is 2.49. The van der Waals surface area contributed by atoms with E-state index in [4.69, 9.17) is 9.47 Å². The first kappa shape index (κ1) is 37.3. The van der Waals surface area contributed by atoms with Crippen LogP contribution in [0.15, 0.2) is 140 Å². The van der Waals surface area contributed by atoms with Crippen molar-refractivity contribution in [3.05, 3.63) is 156 Å². The van der Waals surface area contributed by atoms with Crippen LogP contribution in [0.25, 0.3) is 0 Å². The van der Waals surface area contributed by atoms with Gasteiger partial charge in [-0.25, -0.2) is 0 Å². The van der Waals surface area contributed by atoms with Gasteiger partial charge in [-0.05, 0) is 71.6 Å². The van der Waals surface area contributed by atoms with Crippen LogP contribution in [0.5, 0.6) is 23.0 Å². The number of rotatable bonds is 16. The molecular weight excluding hydrogens is 684 g/mol. The third-order valence-electron chi connectivity index (χ3n) is 9.57. The number of aliphatic carboxylic acids is 2. The highest BCUT2D eigenvalue weighted by Gasteiger charge is 2.64. The van der Waals surface area contributed by atoms with Gasteiger partial charge in [-0.3, -0.25) is 19.2 Å². The molecule has 0 saturated heterocycles. The van der Waals surface area contributed by atoms with Gasteiger partial charge in [0.25, 0.3) is 0 Å². The summed E-state index contributed by atoms with van der Waals surface area (Å²) in [5.41, 5.74) is 2.31. The van der Waals surface area contributed by atoms with Crippen LogP contribution in [-0.2, 0) is 38.8 Å². The molecule has 54 heavy (non-hydrogen) atoms. The first-order valence-electron chi connectivity index (χ1n) is 17.9. The second-order valence-electron chi connectivity index (χ2n) is 13.3. The van der Waals surface area contributed by atoms with Crippen molar-refractivity contribution in [1.82, 2.24) is 9.80 Å². The minimum atomic E-state index is -1.58. The summed E-state index contributed by atoms with van der Waals surface area (Å²) in [6.45, 7) is 2.54. The number of hydrogen-bond donors (Lipinski definition) is 2. The van der Waals surface area contributed by atoms with Gasteiger partial charge in [0.2, 0.25) is 11.8 Å². The molecule has 1 saturated carbocycles. The van der Waals surface area contributed by atoms with Gasteiger partial charge in [0.15, 0.2) is 0 Å². The number of ether oxygens (including phenoxy) is 2. The van der Waals surface area contributed by atoms with Crippen molar-refractivity contribution < 1.29 is 38.9 Å². The van der Waals surface area contributed by atoms with Crippen LogP contribution in [-0.4, -0.2) is 50.3 Å². The molecule has 0 aliphatic heterocycles. The van der Waals surface area contributed by atoms with Crippen LogP contribution in [0, 0.1) is 23.7 Å². The zero-order valence-corrected chi connectivity index (χ0v) is 29.9. The predicted molar refractivity (Wildman–Crippen MR) is 202 cm³/mol. The monoisotopic (exact) mass is 726 g/mol. The number of carbonyl (C=O) groups is 4. The maximum absolute atomic E-state index is 14.6. The Morgan fingerprint density at radius 1 is 0.463 bits per heavy atom. The van der Waals surface area contributed by atoms with Gasteiger partial charge in [0, 0.05) is 26.2 Å². The molecule has 5 aromatic rings. The Morgan fingerprint density at radius 2 is 0.796 bits per heavy atom. The van der Waals surface area contributed by atoms with Crippen LogP contribution >= 0.6 is 0 Å². The first-order chi connectivity index (χ1) is 26.2. The molecule has 10 heteroatoms. The smallest absolute Gasteiger partial charge is 0.308 e. The molecule has 0 bridgehead atoms. The number of carbonyl (C=O) groups excluding carboxylic acids is 2. The van der Waals surface area contributed by atoms with Crippen molar-refractivity contribution in [3.63, 3.8) is 0 Å². The van der Waals surface area contributed by atoms with Gasteiger partial charge >= 0.3 is 11.9 Å². The van der Waals surface area contributed by atoms with E-state index in [1.165, 1.54) is 9.80 Å². The Kier molecular flexibility index (Phi) is 12.0. The maximum atomic E-state index is 14.6. The van der Waals surface area contributed by atoms with Crippen molar-refractivity contribution >= 4 is 23.8 Å². The summed E-state index contributed by atoms with van der Waals surface area (Å²) < 4.78 is 11.8. The topological polar surface area (TPSA) is 134 Å². The van der Waals surface area contributed by atoms with Gasteiger partial charge in [-0.2, -0.15) is 0 Å². The lowest BCUT2D eigenvalue weighted by atomic mass is 9.55. The van der Waals surface area contributed by atoms with Crippen LogP contribution in [0.1, 0.15) is 30.0 Å². The zero-order valence-electron chi connectivity index (χ0n) is 29.9. The van der Waals surface area contributed by atoms with Crippen molar-refractivity contribution in [1.29, 1.82) is 0 Å². The molecule has 4 atom stereocenters. The fourth-order valence-electron chi connectivity index (χ4n) is 6.97. The van der Waals surface area contributed by atoms with Gasteiger partial charge in [-0.15, -0.1) is 0 Å². The highest BCUT2D eigenvalue weighted by molar-refractivity contribution is 5.99. The van der Waals surface area contributed by atoms with E-state index in [2.05, 4.69) is 0 Å². The van der Waals surface area contributed by atoms with E-state index in [-0.39, 0.29) is 26.2 Å². The number of benzene rings is 5. The van der Waals surface area contributed by atoms with Gasteiger partial charge in [0.05, 0.1) is 23.7 Å². The lowest BCUT2D eigenvalue weighted by Crippen LogP contribution is -2.64. The summed E-state index contributed by atoms with van der Waals surface area (Å²) in [6.07, 6.45) is 0.566. The average molecular weight is 727 g/mol. The Bertz CT molecular complexity index is 2020. The number of nitrogens with zero attached hydrogens (tertiary/aromatic N) is 2. The molecule has 10 nitrogen and oxygen atoms in total. The molecule has 276 valence electrons. The summed E-state index contributed by atoms with van der Waals surface area (Å²) >= 11 is 0. The number of amides is 2. The van der Waals surface area contributed by atoms with Crippen LogP contribution in [0.2, 0.25) is 0 Å². The van der Waals surface area contributed by atoms with E-state index in [9.17, 15) is 29.4 Å². The van der Waals surface area contributed by atoms with E-state index in [1.807, 2.05) is 122 Å². The molecule has 0 unspecified atom stereocenters. The highest BCUT2D eigenvalue weighted by atomic mass is 16.5. The Hall–Kier alpha value is -6.42. The molecule has 0 spiro atoms. The van der Waals surface area contributed by atoms with Crippen LogP contribution < -0.4 is 9.47 Å². The van der Waals surface area contributed by atoms with Gasteiger partial charge in [0.1, 0.15) is 23.0 Å². The van der Waals surface area contributed by atoms with Gasteiger partial charge < -0.3 is 29.5 Å². The van der Waals surface area contributed by atoms with Gasteiger partial charge in [-0.1, -0.05) is 97.9 Å². The second-order valence-corrected chi connectivity index (χ2v) is 13.3. The van der Waals surface area contributed by atoms with Crippen LogP contribution in [0.4, 0.5) is 0 Å². The summed E-state index contributed by atoms with van der Waals surface area (Å²) in [5.74, 6) is -7.37. The summed E-state index contributed by atoms with van der Waals surface area (Å²) in [6, 6.07) is 42.3. The number of hydrogen-bond acceptors (Lipinski definition) is 6. The third-order valence-corrected chi connectivity index (χ3v) is 9.57. The molecule has 2 N–H and O–H groups in total. The fraction of sp³-hybridized carbons (Fsp3) is 0.227. The summed E-state index contributed by atoms with van der Waals surface area (Å²) in [7, 11) is 0. The quantitative estimate of drug-likeness (QED) is 0.105. The maximum Gasteiger partial charge on any atom is 0.308 e. The predicted octanol–water partition coefficient (Wildman–Crippen LogP) is 7.89. The minimum absolute atomic E-state index is 0.0942. The molecule has 0 aromatic heterocycles. The molecule has 2 amide bonds. The van der Waals surface area contributed by atoms with Crippen molar-refractivity contribution in [2.45, 2.75) is 33.0 Å². The standard InChI is InChI=1S/C44H42N2O8/c1-2-26-45(27-31-18-22-35(23-19-31)53-33-14-8-4-9-15-33)41(47)37-38(40(44(51)52)39(37)43(49)50)42(48)46(28-30-12-6-3-7-13-30)29-32-20-24-36(25-21-32)54-34-16-10-5-11-17-34/h3-25,37-40H,2,26-29H2,1H3,(H,49,50)(H,51,52)/t37-,38-,39-,40-/m1/s1. The number of para-hydroxylation sites is 2. The van der Waals surface area contributed by atoms with E-state index in [0.717, 1.165) is 16.7 Å².